The molecular formula is C12H22N4O. The first-order chi connectivity index (χ1) is 8.36. The number of rotatable bonds is 9. The minimum absolute atomic E-state index is 0.195. The molecule has 0 aliphatic carbocycles. The van der Waals surface area contributed by atoms with Gasteiger partial charge in [0.2, 0.25) is 0 Å². The van der Waals surface area contributed by atoms with Crippen LogP contribution in [0.15, 0.2) is 12.4 Å². The summed E-state index contributed by atoms with van der Waals surface area (Å²) in [4.78, 5) is 8.27. The van der Waals surface area contributed by atoms with Gasteiger partial charge in [0, 0.05) is 25.8 Å². The molecule has 0 amide bonds. The summed E-state index contributed by atoms with van der Waals surface area (Å²) < 4.78 is 0. The second kappa shape index (κ2) is 8.75. The van der Waals surface area contributed by atoms with Crippen molar-refractivity contribution in [1.82, 2.24) is 9.97 Å². The van der Waals surface area contributed by atoms with Gasteiger partial charge in [-0.3, -0.25) is 0 Å². The van der Waals surface area contributed by atoms with Crippen LogP contribution in [0.5, 0.6) is 0 Å². The van der Waals surface area contributed by atoms with Gasteiger partial charge >= 0.3 is 0 Å². The summed E-state index contributed by atoms with van der Waals surface area (Å²) in [6.45, 7) is 4.05. The maximum Gasteiger partial charge on any atom is 0.131 e. The molecule has 5 nitrogen and oxygen atoms in total. The lowest BCUT2D eigenvalue weighted by Crippen LogP contribution is -2.07. The Hall–Kier alpha value is -1.36. The predicted molar refractivity (Wildman–Crippen MR) is 70.2 cm³/mol. The van der Waals surface area contributed by atoms with Gasteiger partial charge in [0.05, 0.1) is 0 Å². The lowest BCUT2D eigenvalue weighted by Gasteiger charge is -2.07. The fourth-order valence-electron chi connectivity index (χ4n) is 1.44. The fraction of sp³-hybridized carbons (Fsp3) is 0.667. The normalized spacial score (nSPS) is 10.2. The first kappa shape index (κ1) is 13.7. The number of aliphatic hydroxyl groups excluding tert-OH is 1. The van der Waals surface area contributed by atoms with E-state index in [-0.39, 0.29) is 6.61 Å². The molecule has 0 atom stereocenters. The van der Waals surface area contributed by atoms with Gasteiger partial charge in [-0.1, -0.05) is 19.8 Å². The van der Waals surface area contributed by atoms with Crippen molar-refractivity contribution in [3.63, 3.8) is 0 Å². The van der Waals surface area contributed by atoms with E-state index in [4.69, 9.17) is 5.11 Å². The van der Waals surface area contributed by atoms with Gasteiger partial charge in [-0.25, -0.2) is 9.97 Å². The molecule has 0 radical (unpaired) electrons. The van der Waals surface area contributed by atoms with Crippen LogP contribution in [0.25, 0.3) is 0 Å². The molecule has 0 unspecified atom stereocenters. The average molecular weight is 238 g/mol. The summed E-state index contributed by atoms with van der Waals surface area (Å²) >= 11 is 0. The number of aromatic nitrogens is 2. The number of hydrogen-bond donors (Lipinski definition) is 3. The van der Waals surface area contributed by atoms with Crippen LogP contribution in [-0.2, 0) is 0 Å². The van der Waals surface area contributed by atoms with Crippen LogP contribution < -0.4 is 10.6 Å². The van der Waals surface area contributed by atoms with Crippen LogP contribution in [-0.4, -0.2) is 34.8 Å². The average Bonchev–Trinajstić information content (AvgIpc) is 2.36. The summed E-state index contributed by atoms with van der Waals surface area (Å²) in [5.41, 5.74) is 0. The van der Waals surface area contributed by atoms with Gasteiger partial charge in [-0.2, -0.15) is 0 Å². The quantitative estimate of drug-likeness (QED) is 0.573. The molecule has 96 valence electrons. The van der Waals surface area contributed by atoms with Gasteiger partial charge in [0.25, 0.3) is 0 Å². The second-order valence-electron chi connectivity index (χ2n) is 3.93. The van der Waals surface area contributed by atoms with Crippen LogP contribution in [0.4, 0.5) is 11.6 Å². The third-order valence-corrected chi connectivity index (χ3v) is 2.39. The zero-order valence-corrected chi connectivity index (χ0v) is 10.4. The number of unbranched alkanes of at least 4 members (excludes halogenated alkanes) is 2. The molecule has 1 aromatic rings. The maximum absolute atomic E-state index is 8.68. The van der Waals surface area contributed by atoms with E-state index < -0.39 is 0 Å². The summed E-state index contributed by atoms with van der Waals surface area (Å²) in [7, 11) is 0. The van der Waals surface area contributed by atoms with Crippen LogP contribution in [0.1, 0.15) is 32.6 Å². The number of nitrogens with zero attached hydrogens (tertiary/aromatic N) is 2. The molecule has 0 aliphatic rings. The third kappa shape index (κ3) is 6.06. The molecule has 0 bridgehead atoms. The SMILES string of the molecule is CCCCCNc1cc(NCCCO)ncn1. The Kier molecular flexibility index (Phi) is 7.06. The Bertz CT molecular complexity index is 306. The van der Waals surface area contributed by atoms with Crippen LogP contribution >= 0.6 is 0 Å². The smallest absolute Gasteiger partial charge is 0.131 e. The topological polar surface area (TPSA) is 70.1 Å². The lowest BCUT2D eigenvalue weighted by molar-refractivity contribution is 0.292. The monoisotopic (exact) mass is 238 g/mol. The van der Waals surface area contributed by atoms with E-state index >= 15 is 0 Å². The molecule has 0 saturated carbocycles. The molecule has 1 rings (SSSR count). The molecule has 17 heavy (non-hydrogen) atoms. The van der Waals surface area contributed by atoms with Crippen molar-refractivity contribution < 1.29 is 5.11 Å². The largest absolute Gasteiger partial charge is 0.396 e. The Balaban J connectivity index is 2.31. The van der Waals surface area contributed by atoms with Crippen molar-refractivity contribution in [3.8, 4) is 0 Å². The van der Waals surface area contributed by atoms with E-state index in [9.17, 15) is 0 Å². The van der Waals surface area contributed by atoms with E-state index in [1.54, 1.807) is 6.33 Å². The molecule has 0 fully saturated rings. The molecule has 5 heteroatoms. The van der Waals surface area contributed by atoms with Gasteiger partial charge in [-0.05, 0) is 12.8 Å². The highest BCUT2D eigenvalue weighted by Gasteiger charge is 1.97. The molecule has 3 N–H and O–H groups in total. The number of aliphatic hydroxyl groups is 1. The zero-order valence-electron chi connectivity index (χ0n) is 10.4. The molecule has 0 spiro atoms. The van der Waals surface area contributed by atoms with Crippen LogP contribution in [0, 0.1) is 0 Å². The molecular weight excluding hydrogens is 216 g/mol. The Labute approximate surface area is 103 Å². The van der Waals surface area contributed by atoms with Crippen LogP contribution in [0.2, 0.25) is 0 Å². The van der Waals surface area contributed by atoms with Crippen molar-refractivity contribution in [3.05, 3.63) is 12.4 Å². The molecule has 0 saturated heterocycles. The van der Waals surface area contributed by atoms with Crippen molar-refractivity contribution in [2.45, 2.75) is 32.6 Å². The first-order valence-corrected chi connectivity index (χ1v) is 6.27. The molecule has 1 heterocycles. The van der Waals surface area contributed by atoms with Crippen LogP contribution in [0.3, 0.4) is 0 Å². The fourth-order valence-corrected chi connectivity index (χ4v) is 1.44. The molecule has 0 aliphatic heterocycles. The van der Waals surface area contributed by atoms with Gasteiger partial charge in [0.1, 0.15) is 18.0 Å². The van der Waals surface area contributed by atoms with Gasteiger partial charge in [0.15, 0.2) is 0 Å². The van der Waals surface area contributed by atoms with Crippen molar-refractivity contribution in [2.24, 2.45) is 0 Å². The number of anilines is 2. The standard InChI is InChI=1S/C12H22N4O/c1-2-3-4-6-13-11-9-12(16-10-15-11)14-7-5-8-17/h9-10,17H,2-8H2,1H3,(H2,13,14,15,16). The van der Waals surface area contributed by atoms with E-state index in [0.717, 1.165) is 37.6 Å². The Morgan fingerprint density at radius 1 is 1.06 bits per heavy atom. The Morgan fingerprint density at radius 3 is 2.29 bits per heavy atom. The second-order valence-corrected chi connectivity index (χ2v) is 3.93. The maximum atomic E-state index is 8.68. The van der Waals surface area contributed by atoms with Crippen molar-refractivity contribution in [2.75, 3.05) is 30.3 Å². The number of hydrogen-bond acceptors (Lipinski definition) is 5. The number of nitrogens with one attached hydrogen (secondary N) is 2. The highest BCUT2D eigenvalue weighted by Crippen LogP contribution is 2.08. The summed E-state index contributed by atoms with van der Waals surface area (Å²) in [5, 5.41) is 15.1. The van der Waals surface area contributed by atoms with E-state index in [2.05, 4.69) is 27.5 Å². The Morgan fingerprint density at radius 2 is 1.71 bits per heavy atom. The molecule has 1 aromatic heterocycles. The van der Waals surface area contributed by atoms with Crippen molar-refractivity contribution >= 4 is 11.6 Å². The molecule has 0 aromatic carbocycles. The minimum atomic E-state index is 0.195. The zero-order chi connectivity index (χ0) is 12.3. The predicted octanol–water partition coefficient (Wildman–Crippen LogP) is 1.87. The lowest BCUT2D eigenvalue weighted by atomic mass is 10.2. The van der Waals surface area contributed by atoms with E-state index in [1.165, 1.54) is 12.8 Å². The summed E-state index contributed by atoms with van der Waals surface area (Å²) in [6.07, 6.45) is 5.89. The van der Waals surface area contributed by atoms with Crippen molar-refractivity contribution in [1.29, 1.82) is 0 Å². The highest BCUT2D eigenvalue weighted by molar-refractivity contribution is 5.46. The van der Waals surface area contributed by atoms with E-state index in [0.29, 0.717) is 0 Å². The van der Waals surface area contributed by atoms with Gasteiger partial charge < -0.3 is 15.7 Å². The van der Waals surface area contributed by atoms with Gasteiger partial charge in [-0.15, -0.1) is 0 Å². The minimum Gasteiger partial charge on any atom is -0.396 e. The first-order valence-electron chi connectivity index (χ1n) is 6.27. The summed E-state index contributed by atoms with van der Waals surface area (Å²) in [5.74, 6) is 1.65. The van der Waals surface area contributed by atoms with E-state index in [1.807, 2.05) is 6.07 Å². The highest BCUT2D eigenvalue weighted by atomic mass is 16.3. The summed E-state index contributed by atoms with van der Waals surface area (Å²) in [6, 6.07) is 1.89. The third-order valence-electron chi connectivity index (χ3n) is 2.39.